The average molecular weight is 336 g/mol. The van der Waals surface area contributed by atoms with Crippen LogP contribution in [0.25, 0.3) is 0 Å². The van der Waals surface area contributed by atoms with Gasteiger partial charge in [0.15, 0.2) is 9.84 Å². The lowest BCUT2D eigenvalue weighted by atomic mass is 10.2. The summed E-state index contributed by atoms with van der Waals surface area (Å²) in [5, 5.41) is 0. The van der Waals surface area contributed by atoms with Gasteiger partial charge in [0.05, 0.1) is 16.4 Å². The third-order valence-electron chi connectivity index (χ3n) is 3.35. The van der Waals surface area contributed by atoms with E-state index in [0.29, 0.717) is 12.8 Å². The number of nitrogens with two attached hydrogens (primary N) is 1. The van der Waals surface area contributed by atoms with Gasteiger partial charge in [-0.2, -0.15) is 0 Å². The van der Waals surface area contributed by atoms with Gasteiger partial charge in [-0.05, 0) is 25.0 Å². The van der Waals surface area contributed by atoms with E-state index in [2.05, 4.69) is 4.72 Å². The van der Waals surface area contributed by atoms with Crippen LogP contribution in [-0.2, 0) is 26.4 Å². The number of sulfone groups is 1. The fraction of sp³-hybridized carbons (Fsp3) is 0.500. The van der Waals surface area contributed by atoms with Crippen molar-refractivity contribution in [1.82, 2.24) is 4.72 Å². The number of nitrogens with one attached hydrogen (secondary N) is 1. The second kappa shape index (κ2) is 5.99. The number of sulfonamides is 1. The SMILES string of the molecule is NCc1c(F)cccc1S(=O)(=O)NC1CCCS(=O)(=O)C1. The molecule has 1 aromatic rings. The first-order valence-corrected chi connectivity index (χ1v) is 9.76. The maximum Gasteiger partial charge on any atom is 0.241 e. The molecule has 0 bridgehead atoms. The van der Waals surface area contributed by atoms with E-state index in [1.54, 1.807) is 0 Å². The fourth-order valence-electron chi connectivity index (χ4n) is 2.39. The van der Waals surface area contributed by atoms with Gasteiger partial charge < -0.3 is 5.73 Å². The predicted octanol–water partition coefficient (Wildman–Crippen LogP) is 0.140. The number of benzene rings is 1. The average Bonchev–Trinajstić information content (AvgIpc) is 2.36. The molecule has 1 aliphatic rings. The van der Waals surface area contributed by atoms with E-state index >= 15 is 0 Å². The molecule has 9 heteroatoms. The third kappa shape index (κ3) is 3.79. The normalized spacial score (nSPS) is 22.1. The van der Waals surface area contributed by atoms with Crippen molar-refractivity contribution in [1.29, 1.82) is 0 Å². The second-order valence-electron chi connectivity index (χ2n) is 5.00. The largest absolute Gasteiger partial charge is 0.326 e. The zero-order valence-electron chi connectivity index (χ0n) is 11.2. The quantitative estimate of drug-likeness (QED) is 0.813. The zero-order chi connectivity index (χ0) is 15.7. The molecule has 1 fully saturated rings. The fourth-order valence-corrected chi connectivity index (χ4v) is 5.66. The molecule has 1 saturated heterocycles. The zero-order valence-corrected chi connectivity index (χ0v) is 12.9. The molecule has 1 atom stereocenters. The number of hydrogen-bond donors (Lipinski definition) is 2. The van der Waals surface area contributed by atoms with Crippen LogP contribution in [0, 0.1) is 5.82 Å². The van der Waals surface area contributed by atoms with Gasteiger partial charge in [-0.15, -0.1) is 0 Å². The van der Waals surface area contributed by atoms with Crippen molar-refractivity contribution < 1.29 is 21.2 Å². The summed E-state index contributed by atoms with van der Waals surface area (Å²) in [5.74, 6) is -0.865. The molecule has 0 amide bonds. The van der Waals surface area contributed by atoms with Crippen molar-refractivity contribution >= 4 is 19.9 Å². The standard InChI is InChI=1S/C12H17FN2O4S2/c13-11-4-1-5-12(10(11)7-14)21(18,19)15-9-3-2-6-20(16,17)8-9/h1,4-5,9,15H,2-3,6-8,14H2. The van der Waals surface area contributed by atoms with Crippen LogP contribution >= 0.6 is 0 Å². The minimum atomic E-state index is -4.01. The van der Waals surface area contributed by atoms with Gasteiger partial charge in [-0.25, -0.2) is 25.9 Å². The van der Waals surface area contributed by atoms with Gasteiger partial charge in [0.25, 0.3) is 0 Å². The second-order valence-corrected chi connectivity index (χ2v) is 8.91. The first kappa shape index (κ1) is 16.3. The maximum absolute atomic E-state index is 13.6. The highest BCUT2D eigenvalue weighted by atomic mass is 32.2. The number of halogens is 1. The van der Waals surface area contributed by atoms with E-state index < -0.39 is 31.7 Å². The molecule has 2 rings (SSSR count). The van der Waals surface area contributed by atoms with Crippen molar-refractivity contribution in [2.45, 2.75) is 30.3 Å². The molecular weight excluding hydrogens is 319 g/mol. The van der Waals surface area contributed by atoms with Crippen LogP contribution in [-0.4, -0.2) is 34.4 Å². The maximum atomic E-state index is 13.6. The van der Waals surface area contributed by atoms with Crippen LogP contribution in [0.5, 0.6) is 0 Å². The highest BCUT2D eigenvalue weighted by molar-refractivity contribution is 7.91. The molecule has 0 saturated carbocycles. The first-order chi connectivity index (χ1) is 9.75. The van der Waals surface area contributed by atoms with E-state index in [4.69, 9.17) is 5.73 Å². The molecular formula is C12H17FN2O4S2. The Morgan fingerprint density at radius 3 is 2.71 bits per heavy atom. The van der Waals surface area contributed by atoms with Crippen LogP contribution in [0.4, 0.5) is 4.39 Å². The monoisotopic (exact) mass is 336 g/mol. The summed E-state index contributed by atoms with van der Waals surface area (Å²) in [6.45, 7) is -0.258. The van der Waals surface area contributed by atoms with Gasteiger partial charge in [0, 0.05) is 18.2 Å². The molecule has 0 aromatic heterocycles. The minimum Gasteiger partial charge on any atom is -0.326 e. The van der Waals surface area contributed by atoms with Gasteiger partial charge in [-0.3, -0.25) is 0 Å². The highest BCUT2D eigenvalue weighted by Gasteiger charge is 2.30. The van der Waals surface area contributed by atoms with E-state index in [1.165, 1.54) is 12.1 Å². The molecule has 0 spiro atoms. The van der Waals surface area contributed by atoms with Crippen LogP contribution in [0.2, 0.25) is 0 Å². The Morgan fingerprint density at radius 1 is 1.38 bits per heavy atom. The summed E-state index contributed by atoms with van der Waals surface area (Å²) in [4.78, 5) is -0.243. The van der Waals surface area contributed by atoms with Crippen molar-refractivity contribution in [3.63, 3.8) is 0 Å². The number of rotatable bonds is 4. The van der Waals surface area contributed by atoms with Crippen LogP contribution < -0.4 is 10.5 Å². The molecule has 0 aliphatic carbocycles. The molecule has 3 N–H and O–H groups in total. The molecule has 1 aromatic carbocycles. The smallest absolute Gasteiger partial charge is 0.241 e. The summed E-state index contributed by atoms with van der Waals surface area (Å²) in [6, 6.07) is 2.97. The summed E-state index contributed by atoms with van der Waals surface area (Å²) in [7, 11) is -7.25. The van der Waals surface area contributed by atoms with Crippen molar-refractivity contribution in [2.75, 3.05) is 11.5 Å². The lowest BCUT2D eigenvalue weighted by molar-refractivity contribution is 0.515. The Bertz CT molecular complexity index is 732. The van der Waals surface area contributed by atoms with E-state index in [9.17, 15) is 21.2 Å². The Morgan fingerprint density at radius 2 is 2.10 bits per heavy atom. The van der Waals surface area contributed by atoms with Crippen LogP contribution in [0.3, 0.4) is 0 Å². The lowest BCUT2D eigenvalue weighted by Gasteiger charge is -2.23. The topological polar surface area (TPSA) is 106 Å². The van der Waals surface area contributed by atoms with E-state index in [-0.39, 0.29) is 28.5 Å². The van der Waals surface area contributed by atoms with E-state index in [1.807, 2.05) is 0 Å². The Balaban J connectivity index is 2.29. The lowest BCUT2D eigenvalue weighted by Crippen LogP contribution is -2.43. The summed E-state index contributed by atoms with van der Waals surface area (Å²) >= 11 is 0. The summed E-state index contributed by atoms with van der Waals surface area (Å²) in [5.41, 5.74) is 5.29. The molecule has 118 valence electrons. The highest BCUT2D eigenvalue weighted by Crippen LogP contribution is 2.20. The Kier molecular flexibility index (Phi) is 4.66. The first-order valence-electron chi connectivity index (χ1n) is 6.45. The third-order valence-corrected chi connectivity index (χ3v) is 6.78. The number of hydrogen-bond acceptors (Lipinski definition) is 5. The molecule has 21 heavy (non-hydrogen) atoms. The van der Waals surface area contributed by atoms with Crippen molar-refractivity contribution in [3.05, 3.63) is 29.6 Å². The predicted molar refractivity (Wildman–Crippen MR) is 76.3 cm³/mol. The van der Waals surface area contributed by atoms with Gasteiger partial charge in [0.2, 0.25) is 10.0 Å². The van der Waals surface area contributed by atoms with Gasteiger partial charge in [0.1, 0.15) is 5.82 Å². The Hall–Kier alpha value is -1.03. The molecule has 0 radical (unpaired) electrons. The minimum absolute atomic E-state index is 0.0687. The van der Waals surface area contributed by atoms with Gasteiger partial charge >= 0.3 is 0 Å². The van der Waals surface area contributed by atoms with Crippen molar-refractivity contribution in [2.24, 2.45) is 5.73 Å². The van der Waals surface area contributed by atoms with Crippen LogP contribution in [0.1, 0.15) is 18.4 Å². The molecule has 6 nitrogen and oxygen atoms in total. The molecule has 1 unspecified atom stereocenters. The summed E-state index contributed by atoms with van der Waals surface area (Å²) in [6.07, 6.45) is 0.841. The molecule has 1 heterocycles. The van der Waals surface area contributed by atoms with Crippen molar-refractivity contribution in [3.8, 4) is 0 Å². The van der Waals surface area contributed by atoms with Gasteiger partial charge in [-0.1, -0.05) is 6.07 Å². The molecule has 1 aliphatic heterocycles. The summed E-state index contributed by atoms with van der Waals surface area (Å²) < 4.78 is 63.7. The van der Waals surface area contributed by atoms with Crippen LogP contribution in [0.15, 0.2) is 23.1 Å². The van der Waals surface area contributed by atoms with E-state index in [0.717, 1.165) is 6.07 Å². The Labute approximate surface area is 123 Å².